The van der Waals surface area contributed by atoms with Crippen LogP contribution in [0.2, 0.25) is 0 Å². The van der Waals surface area contributed by atoms with Crippen LogP contribution in [-0.2, 0) is 14.3 Å². The van der Waals surface area contributed by atoms with Crippen molar-refractivity contribution in [3.05, 3.63) is 11.6 Å². The summed E-state index contributed by atoms with van der Waals surface area (Å²) in [4.78, 5) is 13.2. The van der Waals surface area contributed by atoms with Crippen LogP contribution in [0.5, 0.6) is 0 Å². The number of rotatable bonds is 5. The Kier molecular flexibility index (Phi) is 8.21. The summed E-state index contributed by atoms with van der Waals surface area (Å²) in [5, 5.41) is 86.9. The summed E-state index contributed by atoms with van der Waals surface area (Å²) in [6, 6.07) is 0. The van der Waals surface area contributed by atoms with Gasteiger partial charge in [-0.3, -0.25) is 4.79 Å². The van der Waals surface area contributed by atoms with Crippen molar-refractivity contribution in [2.24, 2.45) is 49.7 Å². The average Bonchev–Trinajstić information content (AvgIpc) is 3.02. The third kappa shape index (κ3) is 4.11. The lowest BCUT2D eigenvalue weighted by Gasteiger charge is -2.79. The molecule has 7 rings (SSSR count). The van der Waals surface area contributed by atoms with Crippen molar-refractivity contribution in [3.8, 4) is 0 Å². The van der Waals surface area contributed by atoms with Crippen molar-refractivity contribution < 1.29 is 55.1 Å². The molecule has 5 saturated carbocycles. The number of ether oxygens (including phenoxy) is 2. The molecule has 1 aliphatic heterocycles. The second kappa shape index (κ2) is 11.2. The Balaban J connectivity index is 1.30. The van der Waals surface area contributed by atoms with E-state index in [-0.39, 0.29) is 54.3 Å². The molecule has 0 aromatic carbocycles. The number of aliphatic hydroxyl groups is 7. The second-order valence-electron chi connectivity index (χ2n) is 18.3. The lowest BCUT2D eigenvalue weighted by Crippen LogP contribution is -2.75. The molecule has 0 radical (unpaired) electrons. The maximum Gasteiger partial charge on any atom is 0.312 e. The van der Waals surface area contributed by atoms with Crippen molar-refractivity contribution in [3.63, 3.8) is 0 Å². The highest BCUT2D eigenvalue weighted by atomic mass is 16.7. The Morgan fingerprint density at radius 2 is 1.62 bits per heavy atom. The first-order chi connectivity index (χ1) is 22.5. The van der Waals surface area contributed by atoms with Crippen LogP contribution in [0.3, 0.4) is 0 Å². The molecule has 0 aromatic heterocycles. The van der Waals surface area contributed by atoms with Gasteiger partial charge in [0.25, 0.3) is 0 Å². The molecule has 6 fully saturated rings. The van der Waals surface area contributed by atoms with E-state index in [1.165, 1.54) is 5.57 Å². The number of fused-ring (bicyclic) bond motifs is 3. The van der Waals surface area contributed by atoms with Crippen LogP contribution in [0.4, 0.5) is 0 Å². The fourth-order valence-electron chi connectivity index (χ4n) is 14.1. The van der Waals surface area contributed by atoms with Gasteiger partial charge in [-0.05, 0) is 103 Å². The third-order valence-corrected chi connectivity index (χ3v) is 16.6. The largest absolute Gasteiger partial charge is 0.481 e. The van der Waals surface area contributed by atoms with Crippen molar-refractivity contribution in [2.45, 2.75) is 141 Å². The number of allylic oxidation sites excluding steroid dienone is 2. The van der Waals surface area contributed by atoms with E-state index in [0.717, 1.165) is 32.1 Å². The lowest BCUT2D eigenvalue weighted by molar-refractivity contribution is -0.342. The van der Waals surface area contributed by atoms with Gasteiger partial charge < -0.3 is 50.3 Å². The van der Waals surface area contributed by atoms with E-state index in [0.29, 0.717) is 32.1 Å². The predicted molar refractivity (Wildman–Crippen MR) is 172 cm³/mol. The summed E-state index contributed by atoms with van der Waals surface area (Å²) < 4.78 is 11.9. The normalized spacial score (nSPS) is 57.7. The van der Waals surface area contributed by atoms with E-state index in [9.17, 15) is 45.6 Å². The summed E-state index contributed by atoms with van der Waals surface area (Å²) in [5.41, 5.74) is -2.81. The standard InChI is InChI=1S/C37H58O11/c1-31(18-38)14-21-20-6-11-36-9-5-8-35(20,12-13-37(21,30(45)46)25(42)16-31)34(36,4)10-7-24-32(2,19-39)28(22(40)15-33(24,36)3)48-29-27(44)26(43)23(41)17-47-29/h6,21-29,38-44H,5,7-19H2,1-4H3,(H,45,46)/t21-,22+,23+,24+,25-,26-,27+,28+,29-,31+,32-,33-,34-,35+,36+,37-/m0/s1. The van der Waals surface area contributed by atoms with E-state index < -0.39 is 70.5 Å². The van der Waals surface area contributed by atoms with E-state index in [1.54, 1.807) is 0 Å². The first-order valence-electron chi connectivity index (χ1n) is 18.3. The number of carboxylic acids is 1. The Morgan fingerprint density at radius 3 is 2.29 bits per heavy atom. The molecular weight excluding hydrogens is 620 g/mol. The van der Waals surface area contributed by atoms with Crippen LogP contribution >= 0.6 is 0 Å². The molecule has 1 heterocycles. The van der Waals surface area contributed by atoms with Gasteiger partial charge in [-0.15, -0.1) is 0 Å². The lowest BCUT2D eigenvalue weighted by atomic mass is 9.25. The predicted octanol–water partition coefficient (Wildman–Crippen LogP) is 2.12. The minimum atomic E-state index is -1.51. The van der Waals surface area contributed by atoms with E-state index in [2.05, 4.69) is 19.9 Å². The van der Waals surface area contributed by atoms with Crippen LogP contribution in [0.25, 0.3) is 0 Å². The molecule has 1 saturated heterocycles. The molecule has 8 N–H and O–H groups in total. The molecule has 0 unspecified atom stereocenters. The highest BCUT2D eigenvalue weighted by molar-refractivity contribution is 5.77. The van der Waals surface area contributed by atoms with E-state index in [1.807, 2.05) is 13.8 Å². The molecule has 0 aromatic rings. The highest BCUT2D eigenvalue weighted by Gasteiger charge is 2.78. The van der Waals surface area contributed by atoms with E-state index >= 15 is 0 Å². The van der Waals surface area contributed by atoms with Gasteiger partial charge in [0.05, 0.1) is 31.5 Å². The maximum atomic E-state index is 13.2. The zero-order valence-corrected chi connectivity index (χ0v) is 29.0. The molecule has 48 heavy (non-hydrogen) atoms. The summed E-state index contributed by atoms with van der Waals surface area (Å²) in [5.74, 6) is -1.39. The second-order valence-corrected chi connectivity index (χ2v) is 18.3. The Hall–Kier alpha value is -1.15. The first-order valence-corrected chi connectivity index (χ1v) is 18.3. The quantitative estimate of drug-likeness (QED) is 0.157. The maximum absolute atomic E-state index is 13.2. The minimum Gasteiger partial charge on any atom is -0.481 e. The smallest absolute Gasteiger partial charge is 0.312 e. The third-order valence-electron chi connectivity index (χ3n) is 16.6. The summed E-state index contributed by atoms with van der Waals surface area (Å²) in [6.45, 7) is 8.01. The summed E-state index contributed by atoms with van der Waals surface area (Å²) in [7, 11) is 0. The SMILES string of the molecule is C[C@]1(CO)C[C@H](O)[C@]2(C(=O)O)CC[C@]34CCC[C@]5(CC=C3[C@@H]2C1)[C@@]4(C)CC[C@@H]1[C@](C)(CO)[C@H](O[C@@H]2OC[C@@H](O)[C@H](O)[C@H]2O)[C@H](O)C[C@@]15C. The van der Waals surface area contributed by atoms with Crippen LogP contribution < -0.4 is 0 Å². The van der Waals surface area contributed by atoms with Gasteiger partial charge >= 0.3 is 5.97 Å². The first kappa shape index (κ1) is 35.3. The fourth-order valence-corrected chi connectivity index (χ4v) is 14.1. The van der Waals surface area contributed by atoms with Gasteiger partial charge in [0.1, 0.15) is 23.7 Å². The molecule has 1 spiro atoms. The zero-order chi connectivity index (χ0) is 34.9. The number of hydrogen-bond acceptors (Lipinski definition) is 10. The number of hydrogen-bond donors (Lipinski definition) is 8. The fraction of sp³-hybridized carbons (Fsp3) is 0.919. The van der Waals surface area contributed by atoms with Crippen molar-refractivity contribution >= 4 is 5.97 Å². The molecule has 2 bridgehead atoms. The average molecular weight is 679 g/mol. The Labute approximate surface area is 283 Å². The van der Waals surface area contributed by atoms with Crippen molar-refractivity contribution in [2.75, 3.05) is 19.8 Å². The molecule has 11 nitrogen and oxygen atoms in total. The number of aliphatic carboxylic acids is 1. The van der Waals surface area contributed by atoms with Crippen molar-refractivity contribution in [1.29, 1.82) is 0 Å². The van der Waals surface area contributed by atoms with Gasteiger partial charge in [0.15, 0.2) is 6.29 Å². The van der Waals surface area contributed by atoms with Crippen LogP contribution in [0.15, 0.2) is 11.6 Å². The number of aliphatic hydroxyl groups excluding tert-OH is 7. The minimum absolute atomic E-state index is 0.0614. The Bertz CT molecular complexity index is 1340. The van der Waals surface area contributed by atoms with Crippen LogP contribution in [0, 0.1) is 49.7 Å². The van der Waals surface area contributed by atoms with Gasteiger partial charge in [-0.1, -0.05) is 45.8 Å². The number of carbonyl (C=O) groups is 1. The molecule has 7 aliphatic rings. The molecular formula is C37H58O11. The molecule has 16 atom stereocenters. The molecule has 6 aliphatic carbocycles. The van der Waals surface area contributed by atoms with Crippen LogP contribution in [0.1, 0.15) is 98.3 Å². The van der Waals surface area contributed by atoms with Gasteiger partial charge in [0.2, 0.25) is 0 Å². The summed E-state index contributed by atoms with van der Waals surface area (Å²) in [6.07, 6.45) is 1.28. The van der Waals surface area contributed by atoms with Gasteiger partial charge in [-0.25, -0.2) is 0 Å². The van der Waals surface area contributed by atoms with Gasteiger partial charge in [0, 0.05) is 12.0 Å². The monoisotopic (exact) mass is 678 g/mol. The summed E-state index contributed by atoms with van der Waals surface area (Å²) >= 11 is 0. The van der Waals surface area contributed by atoms with Crippen LogP contribution in [-0.4, -0.2) is 110 Å². The molecule has 0 amide bonds. The molecule has 11 heteroatoms. The Morgan fingerprint density at radius 1 is 0.896 bits per heavy atom. The van der Waals surface area contributed by atoms with Crippen molar-refractivity contribution in [1.82, 2.24) is 0 Å². The molecule has 272 valence electrons. The topological polar surface area (TPSA) is 197 Å². The highest BCUT2D eigenvalue weighted by Crippen LogP contribution is 2.83. The number of carboxylic acid groups (broad SMARTS) is 1. The van der Waals surface area contributed by atoms with E-state index in [4.69, 9.17) is 9.47 Å². The zero-order valence-electron chi connectivity index (χ0n) is 29.0. The van der Waals surface area contributed by atoms with Gasteiger partial charge in [-0.2, -0.15) is 0 Å².